The maximum atomic E-state index is 12.3. The molecule has 0 amide bonds. The van der Waals surface area contributed by atoms with E-state index in [4.69, 9.17) is 5.26 Å². The third-order valence-corrected chi connectivity index (χ3v) is 4.94. The lowest BCUT2D eigenvalue weighted by atomic mass is 10.0. The highest BCUT2D eigenvalue weighted by atomic mass is 79.9. The molecule has 0 fully saturated rings. The van der Waals surface area contributed by atoms with Gasteiger partial charge in [-0.05, 0) is 51.3 Å². The van der Waals surface area contributed by atoms with E-state index in [1.807, 2.05) is 45.0 Å². The molecule has 0 aliphatic heterocycles. The molecule has 0 bridgehead atoms. The number of halogens is 1. The summed E-state index contributed by atoms with van der Waals surface area (Å²) in [5.41, 5.74) is 1.09. The fourth-order valence-electron chi connectivity index (χ4n) is 1.71. The Morgan fingerprint density at radius 2 is 2.15 bits per heavy atom. The van der Waals surface area contributed by atoms with Crippen LogP contribution in [0, 0.1) is 11.3 Å². The molecule has 0 aromatic heterocycles. The Hall–Kier alpha value is -0.700. The fraction of sp³-hybridized carbons (Fsp3) is 0.533. The van der Waals surface area contributed by atoms with Crippen LogP contribution in [-0.2, 0) is 11.0 Å². The lowest BCUT2D eigenvalue weighted by molar-refractivity contribution is 0.556. The van der Waals surface area contributed by atoms with Crippen LogP contribution in [0.25, 0.3) is 0 Å². The van der Waals surface area contributed by atoms with Gasteiger partial charge in [0.1, 0.15) is 0 Å². The average Bonchev–Trinajstić information content (AvgIpc) is 2.36. The normalized spacial score (nSPS) is 14.6. The fourth-order valence-corrected chi connectivity index (χ4v) is 2.99. The van der Waals surface area contributed by atoms with Crippen molar-refractivity contribution in [1.29, 1.82) is 5.26 Å². The number of rotatable bonds is 6. The summed E-state index contributed by atoms with van der Waals surface area (Å²) < 4.78 is 16.2. The number of nitriles is 1. The van der Waals surface area contributed by atoms with Gasteiger partial charge >= 0.3 is 0 Å². The summed E-state index contributed by atoms with van der Waals surface area (Å²) in [7, 11) is -1.13. The van der Waals surface area contributed by atoms with Crippen LogP contribution in [0.5, 0.6) is 0 Å². The minimum absolute atomic E-state index is 0.000841. The molecule has 1 rings (SSSR count). The Kier molecular flexibility index (Phi) is 6.87. The van der Waals surface area contributed by atoms with Crippen molar-refractivity contribution >= 4 is 26.9 Å². The molecule has 1 unspecified atom stereocenters. The molecule has 20 heavy (non-hydrogen) atoms. The SMILES string of the molecule is CC(C)(C)S(=O)N[C@@H](CCCC#N)c1cccc(Br)c1. The molecule has 0 saturated carbocycles. The summed E-state index contributed by atoms with van der Waals surface area (Å²) in [6.45, 7) is 5.84. The van der Waals surface area contributed by atoms with Crippen LogP contribution in [0.4, 0.5) is 0 Å². The van der Waals surface area contributed by atoms with Crippen molar-refractivity contribution in [3.63, 3.8) is 0 Å². The molecule has 2 atom stereocenters. The van der Waals surface area contributed by atoms with Crippen molar-refractivity contribution in [2.45, 2.75) is 50.8 Å². The molecule has 0 heterocycles. The van der Waals surface area contributed by atoms with E-state index in [9.17, 15) is 4.21 Å². The summed E-state index contributed by atoms with van der Waals surface area (Å²) in [5.74, 6) is 0. The molecule has 1 N–H and O–H groups in total. The summed E-state index contributed by atoms with van der Waals surface area (Å²) in [5, 5.41) is 8.67. The van der Waals surface area contributed by atoms with E-state index in [0.717, 1.165) is 22.9 Å². The molecule has 110 valence electrons. The molecular formula is C15H21BrN2OS. The smallest absolute Gasteiger partial charge is 0.0975 e. The van der Waals surface area contributed by atoms with Gasteiger partial charge in [0.15, 0.2) is 0 Å². The number of unbranched alkanes of at least 4 members (excludes halogenated alkanes) is 1. The third-order valence-electron chi connectivity index (χ3n) is 2.84. The van der Waals surface area contributed by atoms with Crippen molar-refractivity contribution < 1.29 is 4.21 Å². The standard InChI is InChI=1S/C15H21BrN2OS/c1-15(2,3)20(19)18-14(9-4-5-10-17)12-7-6-8-13(16)11-12/h6-8,11,14,18H,4-5,9H2,1-3H3/t14-,20?/m0/s1. The highest BCUT2D eigenvalue weighted by molar-refractivity contribution is 9.10. The largest absolute Gasteiger partial charge is 0.242 e. The lowest BCUT2D eigenvalue weighted by Gasteiger charge is -2.24. The molecule has 5 heteroatoms. The molecule has 0 spiro atoms. The first-order valence-electron chi connectivity index (χ1n) is 6.65. The lowest BCUT2D eigenvalue weighted by Crippen LogP contribution is -2.35. The van der Waals surface area contributed by atoms with Crippen molar-refractivity contribution in [2.75, 3.05) is 0 Å². The van der Waals surface area contributed by atoms with Gasteiger partial charge in [-0.2, -0.15) is 5.26 Å². The third kappa shape index (κ3) is 5.74. The van der Waals surface area contributed by atoms with Crippen molar-refractivity contribution in [2.24, 2.45) is 0 Å². The number of nitrogens with zero attached hydrogens (tertiary/aromatic N) is 1. The van der Waals surface area contributed by atoms with Gasteiger partial charge in [0.25, 0.3) is 0 Å². The molecule has 0 aliphatic rings. The zero-order chi connectivity index (χ0) is 15.2. The highest BCUT2D eigenvalue weighted by Crippen LogP contribution is 2.24. The Balaban J connectivity index is 2.85. The van der Waals surface area contributed by atoms with Gasteiger partial charge in [0.2, 0.25) is 0 Å². The van der Waals surface area contributed by atoms with Crippen molar-refractivity contribution in [3.05, 3.63) is 34.3 Å². The molecule has 0 radical (unpaired) electrons. The Bertz CT molecular complexity index is 505. The monoisotopic (exact) mass is 356 g/mol. The van der Waals surface area contributed by atoms with Crippen LogP contribution >= 0.6 is 15.9 Å². The first kappa shape index (κ1) is 17.4. The second kappa shape index (κ2) is 7.92. The summed E-state index contributed by atoms with van der Waals surface area (Å²) >= 11 is 3.46. The number of hydrogen-bond donors (Lipinski definition) is 1. The molecule has 1 aromatic carbocycles. The van der Waals surface area contributed by atoms with E-state index in [2.05, 4.69) is 26.7 Å². The molecule has 0 aliphatic carbocycles. The van der Waals surface area contributed by atoms with Gasteiger partial charge in [0.05, 0.1) is 21.8 Å². The maximum Gasteiger partial charge on any atom is 0.0975 e. The highest BCUT2D eigenvalue weighted by Gasteiger charge is 2.23. The molecule has 1 aromatic rings. The minimum atomic E-state index is -1.13. The van der Waals surface area contributed by atoms with Crippen LogP contribution in [0.3, 0.4) is 0 Å². The van der Waals surface area contributed by atoms with Gasteiger partial charge in [-0.25, -0.2) is 8.93 Å². The number of nitrogens with one attached hydrogen (secondary N) is 1. The van der Waals surface area contributed by atoms with Gasteiger partial charge in [-0.1, -0.05) is 28.1 Å². The van der Waals surface area contributed by atoms with E-state index in [1.54, 1.807) is 0 Å². The van der Waals surface area contributed by atoms with E-state index < -0.39 is 11.0 Å². The van der Waals surface area contributed by atoms with Crippen molar-refractivity contribution in [1.82, 2.24) is 4.72 Å². The van der Waals surface area contributed by atoms with Crippen LogP contribution in [0.15, 0.2) is 28.7 Å². The Morgan fingerprint density at radius 3 is 2.70 bits per heavy atom. The average molecular weight is 357 g/mol. The molecule has 3 nitrogen and oxygen atoms in total. The van der Waals surface area contributed by atoms with Crippen molar-refractivity contribution in [3.8, 4) is 6.07 Å². The van der Waals surface area contributed by atoms with Gasteiger partial charge < -0.3 is 0 Å². The van der Waals surface area contributed by atoms with E-state index in [-0.39, 0.29) is 10.8 Å². The predicted octanol–water partition coefficient (Wildman–Crippen LogP) is 4.24. The summed E-state index contributed by atoms with van der Waals surface area (Å²) in [4.78, 5) is 0. The minimum Gasteiger partial charge on any atom is -0.242 e. The van der Waals surface area contributed by atoms with E-state index in [1.165, 1.54) is 0 Å². The molecule has 0 saturated heterocycles. The Labute approximate surface area is 132 Å². The second-order valence-electron chi connectivity index (χ2n) is 5.66. The molecular weight excluding hydrogens is 336 g/mol. The first-order valence-corrected chi connectivity index (χ1v) is 8.59. The maximum absolute atomic E-state index is 12.3. The van der Waals surface area contributed by atoms with E-state index >= 15 is 0 Å². The van der Waals surface area contributed by atoms with Crippen LogP contribution in [-0.4, -0.2) is 8.96 Å². The zero-order valence-corrected chi connectivity index (χ0v) is 14.6. The van der Waals surface area contributed by atoms with Crippen LogP contribution in [0.2, 0.25) is 0 Å². The van der Waals surface area contributed by atoms with Crippen LogP contribution < -0.4 is 4.72 Å². The predicted molar refractivity (Wildman–Crippen MR) is 87.4 cm³/mol. The first-order chi connectivity index (χ1) is 9.34. The van der Waals surface area contributed by atoms with Gasteiger partial charge in [-0.15, -0.1) is 0 Å². The van der Waals surface area contributed by atoms with E-state index in [0.29, 0.717) is 6.42 Å². The number of hydrogen-bond acceptors (Lipinski definition) is 2. The quantitative estimate of drug-likeness (QED) is 0.775. The topological polar surface area (TPSA) is 52.9 Å². The summed E-state index contributed by atoms with van der Waals surface area (Å²) in [6.07, 6.45) is 2.11. The second-order valence-corrected chi connectivity index (χ2v) is 8.57. The van der Waals surface area contributed by atoms with Gasteiger partial charge in [-0.3, -0.25) is 0 Å². The van der Waals surface area contributed by atoms with Crippen LogP contribution in [0.1, 0.15) is 51.6 Å². The number of benzene rings is 1. The van der Waals surface area contributed by atoms with Gasteiger partial charge in [0, 0.05) is 16.9 Å². The summed E-state index contributed by atoms with van der Waals surface area (Å²) in [6, 6.07) is 10.2. The Morgan fingerprint density at radius 1 is 1.45 bits per heavy atom. The zero-order valence-electron chi connectivity index (χ0n) is 12.1.